The van der Waals surface area contributed by atoms with Crippen LogP contribution in [-0.2, 0) is 0 Å². The Morgan fingerprint density at radius 1 is 0.375 bits per heavy atom. The minimum Gasteiger partial charge on any atom is -0.392 e. The van der Waals surface area contributed by atoms with Gasteiger partial charge in [-0.15, -0.1) is 0 Å². The summed E-state index contributed by atoms with van der Waals surface area (Å²) < 4.78 is 0. The molecule has 0 unspecified atom stereocenters. The van der Waals surface area contributed by atoms with Gasteiger partial charge in [0.05, 0.1) is 18.3 Å². The first-order valence-corrected chi connectivity index (χ1v) is 24.9. The Morgan fingerprint density at radius 2 is 0.679 bits per heavy atom. The second-order valence-corrected chi connectivity index (χ2v) is 18.3. The Hall–Kier alpha value is -0.320. The van der Waals surface area contributed by atoms with E-state index in [9.17, 15) is 15.3 Å². The second-order valence-electron chi connectivity index (χ2n) is 18.3. The third kappa shape index (κ3) is 33.5. The van der Waals surface area contributed by atoms with Gasteiger partial charge in [0.25, 0.3) is 0 Å². The lowest BCUT2D eigenvalue weighted by atomic mass is 10.1. The summed E-state index contributed by atoms with van der Waals surface area (Å²) in [5.74, 6) is 0. The number of piperazine rings is 1. The number of hydrogen-bond donors (Lipinski definition) is 3. The van der Waals surface area contributed by atoms with Crippen LogP contribution in [0.4, 0.5) is 0 Å². The molecular formula is C48H101N5O3. The summed E-state index contributed by atoms with van der Waals surface area (Å²) >= 11 is 0. The van der Waals surface area contributed by atoms with Crippen molar-refractivity contribution in [3.05, 3.63) is 0 Å². The van der Waals surface area contributed by atoms with Crippen molar-refractivity contribution in [1.29, 1.82) is 0 Å². The molecule has 0 aromatic rings. The lowest BCUT2D eigenvalue weighted by Crippen LogP contribution is -2.50. The van der Waals surface area contributed by atoms with Gasteiger partial charge in [0, 0.05) is 85.1 Å². The van der Waals surface area contributed by atoms with Crippen molar-refractivity contribution in [1.82, 2.24) is 24.5 Å². The summed E-state index contributed by atoms with van der Waals surface area (Å²) in [4.78, 5) is 12.3. The molecule has 1 fully saturated rings. The fourth-order valence-corrected chi connectivity index (χ4v) is 8.45. The van der Waals surface area contributed by atoms with Crippen LogP contribution in [0, 0.1) is 0 Å². The largest absolute Gasteiger partial charge is 0.392 e. The number of aliphatic hydroxyl groups excluding tert-OH is 3. The van der Waals surface area contributed by atoms with Gasteiger partial charge in [-0.3, -0.25) is 14.7 Å². The highest BCUT2D eigenvalue weighted by atomic mass is 16.3. The number of hydrogen-bond acceptors (Lipinski definition) is 8. The van der Waals surface area contributed by atoms with Crippen LogP contribution in [0.25, 0.3) is 0 Å². The number of aliphatic hydroxyl groups is 3. The smallest absolute Gasteiger partial charge is 0.0667 e. The average Bonchev–Trinajstić information content (AvgIpc) is 3.18. The van der Waals surface area contributed by atoms with Crippen LogP contribution in [0.1, 0.15) is 194 Å². The van der Waals surface area contributed by atoms with Crippen molar-refractivity contribution in [3.8, 4) is 0 Å². The van der Waals surface area contributed by atoms with Gasteiger partial charge in [0.2, 0.25) is 0 Å². The van der Waals surface area contributed by atoms with Crippen LogP contribution < -0.4 is 0 Å². The van der Waals surface area contributed by atoms with Crippen LogP contribution in [0.2, 0.25) is 0 Å². The molecule has 1 aliphatic rings. The van der Waals surface area contributed by atoms with E-state index in [0.717, 1.165) is 124 Å². The molecule has 0 amide bonds. The summed E-state index contributed by atoms with van der Waals surface area (Å²) in [7, 11) is 4.32. The van der Waals surface area contributed by atoms with E-state index in [0.29, 0.717) is 0 Å². The van der Waals surface area contributed by atoms with E-state index < -0.39 is 0 Å². The maximum Gasteiger partial charge on any atom is 0.0667 e. The van der Waals surface area contributed by atoms with E-state index in [1.807, 2.05) is 0 Å². The molecule has 56 heavy (non-hydrogen) atoms. The summed E-state index contributed by atoms with van der Waals surface area (Å²) in [5, 5.41) is 32.5. The van der Waals surface area contributed by atoms with E-state index in [1.165, 1.54) is 135 Å². The second kappa shape index (κ2) is 38.9. The predicted molar refractivity (Wildman–Crippen MR) is 244 cm³/mol. The predicted octanol–water partition coefficient (Wildman–Crippen LogP) is 9.44. The van der Waals surface area contributed by atoms with Crippen LogP contribution in [0.3, 0.4) is 0 Å². The van der Waals surface area contributed by atoms with Gasteiger partial charge < -0.3 is 25.1 Å². The van der Waals surface area contributed by atoms with Gasteiger partial charge >= 0.3 is 0 Å². The normalized spacial score (nSPS) is 16.1. The third-order valence-electron chi connectivity index (χ3n) is 12.5. The molecule has 0 aliphatic carbocycles. The number of unbranched alkanes of at least 4 members (excludes halogenated alkanes) is 21. The van der Waals surface area contributed by atoms with E-state index in [2.05, 4.69) is 59.4 Å². The fraction of sp³-hybridized carbons (Fsp3) is 1.00. The molecule has 0 radical (unpaired) electrons. The molecule has 3 N–H and O–H groups in total. The van der Waals surface area contributed by atoms with Gasteiger partial charge in [-0.05, 0) is 33.4 Å². The van der Waals surface area contributed by atoms with Gasteiger partial charge in [-0.2, -0.15) is 0 Å². The molecule has 0 bridgehead atoms. The molecule has 8 nitrogen and oxygen atoms in total. The van der Waals surface area contributed by atoms with Gasteiger partial charge in [-0.25, -0.2) is 0 Å². The highest BCUT2D eigenvalue weighted by Crippen LogP contribution is 2.14. The quantitative estimate of drug-likeness (QED) is 0.0528. The number of nitrogens with zero attached hydrogens (tertiary/aromatic N) is 5. The Morgan fingerprint density at radius 3 is 1.05 bits per heavy atom. The van der Waals surface area contributed by atoms with Crippen molar-refractivity contribution in [2.75, 3.05) is 99.2 Å². The number of rotatable bonds is 42. The Labute approximate surface area is 350 Å². The molecule has 1 aliphatic heterocycles. The summed E-state index contributed by atoms with van der Waals surface area (Å²) in [5.41, 5.74) is 0. The maximum atomic E-state index is 11.1. The molecule has 3 atom stereocenters. The average molecular weight is 796 g/mol. The van der Waals surface area contributed by atoms with Crippen LogP contribution in [0.5, 0.6) is 0 Å². The van der Waals surface area contributed by atoms with E-state index in [-0.39, 0.29) is 18.3 Å². The molecular weight excluding hydrogens is 695 g/mol. The van der Waals surface area contributed by atoms with Crippen molar-refractivity contribution >= 4 is 0 Å². The van der Waals surface area contributed by atoms with Crippen LogP contribution in [-0.4, -0.2) is 157 Å². The van der Waals surface area contributed by atoms with Crippen LogP contribution >= 0.6 is 0 Å². The van der Waals surface area contributed by atoms with Crippen molar-refractivity contribution in [3.63, 3.8) is 0 Å². The van der Waals surface area contributed by atoms with Gasteiger partial charge in [0.15, 0.2) is 0 Å². The Kier molecular flexibility index (Phi) is 37.3. The molecule has 1 heterocycles. The van der Waals surface area contributed by atoms with Gasteiger partial charge in [0.1, 0.15) is 0 Å². The number of likely N-dealkylation sites (N-methyl/N-ethyl adjacent to an activating group) is 2. The summed E-state index contributed by atoms with van der Waals surface area (Å²) in [6.45, 7) is 19.5. The topological polar surface area (TPSA) is 76.9 Å². The standard InChI is InChI=1S/C48H101N5O3/c1-6-9-12-15-18-21-24-27-30-46(54)43-49(4)33-35-51-37-39-52(40-38-51)41-42-53(45-48(56)32-29-26-23-20-17-14-11-8-3)36-34-50(5)44-47(55)31-28-25-22-19-16-13-10-7-2/h46-48,54-56H,6-45H2,1-5H3/t46-,47-,48-/m1/s1. The zero-order valence-corrected chi connectivity index (χ0v) is 38.6. The zero-order valence-electron chi connectivity index (χ0n) is 38.6. The minimum absolute atomic E-state index is 0.205. The summed E-state index contributed by atoms with van der Waals surface area (Å²) in [6.07, 6.45) is 33.4. The zero-order chi connectivity index (χ0) is 40.9. The molecule has 0 aromatic heterocycles. The molecule has 0 saturated carbocycles. The van der Waals surface area contributed by atoms with Crippen molar-refractivity contribution in [2.45, 2.75) is 212 Å². The first-order chi connectivity index (χ1) is 27.3. The van der Waals surface area contributed by atoms with E-state index in [4.69, 9.17) is 0 Å². The lowest BCUT2D eigenvalue weighted by Gasteiger charge is -2.37. The van der Waals surface area contributed by atoms with Crippen molar-refractivity contribution in [2.24, 2.45) is 0 Å². The van der Waals surface area contributed by atoms with Gasteiger partial charge in [-0.1, -0.05) is 175 Å². The Balaban J connectivity index is 2.39. The highest BCUT2D eigenvalue weighted by Gasteiger charge is 2.20. The molecule has 0 aromatic carbocycles. The first-order valence-electron chi connectivity index (χ1n) is 24.9. The lowest BCUT2D eigenvalue weighted by molar-refractivity contribution is 0.0691. The molecule has 8 heteroatoms. The monoisotopic (exact) mass is 796 g/mol. The minimum atomic E-state index is -0.263. The fourth-order valence-electron chi connectivity index (χ4n) is 8.45. The van der Waals surface area contributed by atoms with E-state index in [1.54, 1.807) is 0 Å². The molecule has 336 valence electrons. The molecule has 0 spiro atoms. The molecule has 1 saturated heterocycles. The third-order valence-corrected chi connectivity index (χ3v) is 12.5. The highest BCUT2D eigenvalue weighted by molar-refractivity contribution is 4.76. The molecule has 1 rings (SSSR count). The van der Waals surface area contributed by atoms with Crippen molar-refractivity contribution < 1.29 is 15.3 Å². The Bertz CT molecular complexity index is 801. The maximum absolute atomic E-state index is 11.1. The summed E-state index contributed by atoms with van der Waals surface area (Å²) in [6, 6.07) is 0. The van der Waals surface area contributed by atoms with Crippen LogP contribution in [0.15, 0.2) is 0 Å². The SMILES string of the molecule is CCCCCCCCCC[C@@H](O)CN(C)CCN1CCN(CCN(CCN(C)C[C@H](O)CCCCCCCCCC)C[C@H](O)CCCCCCCCCC)CC1. The first kappa shape index (κ1) is 53.7. The van der Waals surface area contributed by atoms with E-state index >= 15 is 0 Å².